The Morgan fingerprint density at radius 2 is 2.41 bits per heavy atom. The van der Waals surface area contributed by atoms with Gasteiger partial charge in [0.15, 0.2) is 0 Å². The molecule has 0 amide bonds. The van der Waals surface area contributed by atoms with E-state index in [9.17, 15) is 4.79 Å². The zero-order valence-corrected chi connectivity index (χ0v) is 9.99. The summed E-state index contributed by atoms with van der Waals surface area (Å²) in [5, 5.41) is 14.8. The van der Waals surface area contributed by atoms with Crippen molar-refractivity contribution in [2.75, 3.05) is 5.32 Å². The number of carboxylic acid groups (broad SMARTS) is 1. The van der Waals surface area contributed by atoms with Gasteiger partial charge in [0.1, 0.15) is 16.4 Å². The third-order valence-electron chi connectivity index (χ3n) is 2.11. The molecule has 0 bridgehead atoms. The Morgan fingerprint density at radius 3 is 3.06 bits per heavy atom. The van der Waals surface area contributed by atoms with Crippen molar-refractivity contribution < 1.29 is 9.90 Å². The molecular weight excluding hydrogens is 238 g/mol. The van der Waals surface area contributed by atoms with Crippen LogP contribution in [0.1, 0.15) is 21.1 Å². The van der Waals surface area contributed by atoms with Crippen LogP contribution >= 0.6 is 11.3 Å². The van der Waals surface area contributed by atoms with Crippen molar-refractivity contribution in [3.05, 3.63) is 40.0 Å². The SMILES string of the molecule is Cc1csc(CNc2ncccc2C(=O)O)n1. The number of anilines is 1. The smallest absolute Gasteiger partial charge is 0.339 e. The highest BCUT2D eigenvalue weighted by atomic mass is 32.1. The third-order valence-corrected chi connectivity index (χ3v) is 3.08. The van der Waals surface area contributed by atoms with E-state index >= 15 is 0 Å². The molecule has 17 heavy (non-hydrogen) atoms. The predicted octanol–water partition coefficient (Wildman–Crippen LogP) is 2.16. The van der Waals surface area contributed by atoms with Crippen molar-refractivity contribution >= 4 is 23.1 Å². The molecule has 0 radical (unpaired) electrons. The van der Waals surface area contributed by atoms with Crippen molar-refractivity contribution in [2.45, 2.75) is 13.5 Å². The molecular formula is C11H11N3O2S. The quantitative estimate of drug-likeness (QED) is 0.868. The molecule has 2 rings (SSSR count). The summed E-state index contributed by atoms with van der Waals surface area (Å²) >= 11 is 1.53. The number of aryl methyl sites for hydroxylation is 1. The summed E-state index contributed by atoms with van der Waals surface area (Å²) in [6.45, 7) is 2.40. The summed E-state index contributed by atoms with van der Waals surface area (Å²) < 4.78 is 0. The molecule has 2 aromatic rings. The number of nitrogens with zero attached hydrogens (tertiary/aromatic N) is 2. The van der Waals surface area contributed by atoms with Crippen molar-refractivity contribution in [1.29, 1.82) is 0 Å². The van der Waals surface area contributed by atoms with Gasteiger partial charge in [-0.2, -0.15) is 0 Å². The van der Waals surface area contributed by atoms with Crippen LogP contribution in [0.15, 0.2) is 23.7 Å². The molecule has 2 N–H and O–H groups in total. The standard InChI is InChI=1S/C11H11N3O2S/c1-7-6-17-9(14-7)5-13-10-8(11(15)16)3-2-4-12-10/h2-4,6H,5H2,1H3,(H,12,13)(H,15,16). The van der Waals surface area contributed by atoms with Gasteiger partial charge >= 0.3 is 5.97 Å². The molecule has 0 unspecified atom stereocenters. The maximum atomic E-state index is 10.9. The fraction of sp³-hybridized carbons (Fsp3) is 0.182. The van der Waals surface area contributed by atoms with Crippen LogP contribution in [0, 0.1) is 6.92 Å². The Kier molecular flexibility index (Phi) is 3.34. The minimum absolute atomic E-state index is 0.167. The molecule has 0 saturated heterocycles. The van der Waals surface area contributed by atoms with E-state index in [1.807, 2.05) is 12.3 Å². The summed E-state index contributed by atoms with van der Waals surface area (Å²) in [5.74, 6) is -0.622. The lowest BCUT2D eigenvalue weighted by Crippen LogP contribution is -2.07. The Bertz CT molecular complexity index is 539. The average Bonchev–Trinajstić information content (AvgIpc) is 2.73. The van der Waals surface area contributed by atoms with Crippen LogP contribution < -0.4 is 5.32 Å². The van der Waals surface area contributed by atoms with Gasteiger partial charge in [0, 0.05) is 17.3 Å². The fourth-order valence-electron chi connectivity index (χ4n) is 1.36. The highest BCUT2D eigenvalue weighted by Crippen LogP contribution is 2.14. The number of carbonyl (C=O) groups is 1. The first-order valence-electron chi connectivity index (χ1n) is 5.00. The van der Waals surface area contributed by atoms with Gasteiger partial charge in [-0.25, -0.2) is 14.8 Å². The minimum atomic E-state index is -0.990. The number of rotatable bonds is 4. The molecule has 6 heteroatoms. The zero-order valence-electron chi connectivity index (χ0n) is 9.17. The van der Waals surface area contributed by atoms with E-state index in [4.69, 9.17) is 5.11 Å². The van der Waals surface area contributed by atoms with E-state index < -0.39 is 5.97 Å². The topological polar surface area (TPSA) is 75.1 Å². The molecule has 0 atom stereocenters. The first-order chi connectivity index (χ1) is 8.16. The molecule has 88 valence electrons. The van der Waals surface area contributed by atoms with E-state index in [2.05, 4.69) is 15.3 Å². The molecule has 5 nitrogen and oxygen atoms in total. The molecule has 0 aliphatic heterocycles. The third kappa shape index (κ3) is 2.79. The molecule has 2 heterocycles. The normalized spacial score (nSPS) is 10.2. The Morgan fingerprint density at radius 1 is 1.59 bits per heavy atom. The number of pyridine rings is 1. The first kappa shape index (κ1) is 11.5. The number of aromatic nitrogens is 2. The summed E-state index contributed by atoms with van der Waals surface area (Å²) in [4.78, 5) is 19.2. The lowest BCUT2D eigenvalue weighted by atomic mass is 10.2. The fourth-order valence-corrected chi connectivity index (χ4v) is 2.07. The number of hydrogen-bond donors (Lipinski definition) is 2. The van der Waals surface area contributed by atoms with Gasteiger partial charge in [-0.1, -0.05) is 0 Å². The van der Waals surface area contributed by atoms with E-state index in [0.29, 0.717) is 12.4 Å². The second-order valence-electron chi connectivity index (χ2n) is 3.44. The van der Waals surface area contributed by atoms with E-state index in [-0.39, 0.29) is 5.56 Å². The van der Waals surface area contributed by atoms with E-state index in [0.717, 1.165) is 10.7 Å². The second-order valence-corrected chi connectivity index (χ2v) is 4.38. The number of carboxylic acids is 1. The Hall–Kier alpha value is -1.95. The van der Waals surface area contributed by atoms with Gasteiger partial charge in [0.2, 0.25) is 0 Å². The van der Waals surface area contributed by atoms with Crippen molar-refractivity contribution in [1.82, 2.24) is 9.97 Å². The van der Waals surface area contributed by atoms with E-state index in [1.165, 1.54) is 17.4 Å². The zero-order chi connectivity index (χ0) is 12.3. The summed E-state index contributed by atoms with van der Waals surface area (Å²) in [6, 6.07) is 3.12. The van der Waals surface area contributed by atoms with Crippen molar-refractivity contribution in [2.24, 2.45) is 0 Å². The number of thiazole rings is 1. The second kappa shape index (κ2) is 4.92. The average molecular weight is 249 g/mol. The summed E-state index contributed by atoms with van der Waals surface area (Å²) in [7, 11) is 0. The predicted molar refractivity (Wildman–Crippen MR) is 65.4 cm³/mol. The van der Waals surface area contributed by atoms with Crippen LogP contribution in [-0.4, -0.2) is 21.0 Å². The minimum Gasteiger partial charge on any atom is -0.478 e. The number of hydrogen-bond acceptors (Lipinski definition) is 5. The molecule has 0 saturated carbocycles. The lowest BCUT2D eigenvalue weighted by molar-refractivity contribution is 0.0697. The first-order valence-corrected chi connectivity index (χ1v) is 5.88. The van der Waals surface area contributed by atoms with Gasteiger partial charge in [-0.05, 0) is 19.1 Å². The van der Waals surface area contributed by atoms with Gasteiger partial charge in [0.05, 0.1) is 6.54 Å². The lowest BCUT2D eigenvalue weighted by Gasteiger charge is -2.05. The van der Waals surface area contributed by atoms with Crippen LogP contribution in [0.5, 0.6) is 0 Å². The summed E-state index contributed by atoms with van der Waals surface area (Å²) in [5.41, 5.74) is 1.13. The highest BCUT2D eigenvalue weighted by Gasteiger charge is 2.10. The van der Waals surface area contributed by atoms with Crippen LogP contribution in [0.4, 0.5) is 5.82 Å². The molecule has 0 spiro atoms. The van der Waals surface area contributed by atoms with Crippen LogP contribution in [0.3, 0.4) is 0 Å². The van der Waals surface area contributed by atoms with Crippen LogP contribution in [0.25, 0.3) is 0 Å². The molecule has 0 aliphatic carbocycles. The molecule has 0 aromatic carbocycles. The Balaban J connectivity index is 2.11. The largest absolute Gasteiger partial charge is 0.478 e. The maximum absolute atomic E-state index is 10.9. The maximum Gasteiger partial charge on any atom is 0.339 e. The molecule has 0 aliphatic rings. The number of nitrogens with one attached hydrogen (secondary N) is 1. The van der Waals surface area contributed by atoms with Crippen LogP contribution in [0.2, 0.25) is 0 Å². The molecule has 0 fully saturated rings. The van der Waals surface area contributed by atoms with Crippen LogP contribution in [-0.2, 0) is 6.54 Å². The van der Waals surface area contributed by atoms with Gasteiger partial charge in [0.25, 0.3) is 0 Å². The Labute approximate surface area is 102 Å². The number of aromatic carboxylic acids is 1. The van der Waals surface area contributed by atoms with Crippen molar-refractivity contribution in [3.63, 3.8) is 0 Å². The highest BCUT2D eigenvalue weighted by molar-refractivity contribution is 7.09. The van der Waals surface area contributed by atoms with Gasteiger partial charge in [-0.3, -0.25) is 0 Å². The van der Waals surface area contributed by atoms with E-state index in [1.54, 1.807) is 12.3 Å². The monoisotopic (exact) mass is 249 g/mol. The van der Waals surface area contributed by atoms with Gasteiger partial charge < -0.3 is 10.4 Å². The summed E-state index contributed by atoms with van der Waals surface area (Å²) in [6.07, 6.45) is 1.56. The molecule has 2 aromatic heterocycles. The van der Waals surface area contributed by atoms with Gasteiger partial charge in [-0.15, -0.1) is 11.3 Å². The van der Waals surface area contributed by atoms with Crippen molar-refractivity contribution in [3.8, 4) is 0 Å².